The Morgan fingerprint density at radius 3 is 2.63 bits per heavy atom. The number of hydrogen-bond donors (Lipinski definition) is 2. The Bertz CT molecular complexity index is 446. The van der Waals surface area contributed by atoms with Crippen LogP contribution in [-0.2, 0) is 16.0 Å². The maximum Gasteiger partial charge on any atom is 0.319 e. The molecule has 2 amide bonds. The molecule has 1 aromatic carbocycles. The molecule has 0 aliphatic heterocycles. The topological polar surface area (TPSA) is 67.4 Å². The maximum absolute atomic E-state index is 11.8. The number of amides is 2. The van der Waals surface area contributed by atoms with Crippen LogP contribution < -0.4 is 10.6 Å². The number of rotatable bonds is 5. The minimum absolute atomic E-state index is 0.152. The third-order valence-corrected chi connectivity index (χ3v) is 2.72. The minimum atomic E-state index is -0.346. The van der Waals surface area contributed by atoms with E-state index >= 15 is 0 Å². The highest BCUT2D eigenvalue weighted by Gasteiger charge is 2.12. The molecule has 0 aliphatic carbocycles. The fraction of sp³-hybridized carbons (Fsp3) is 0.429. The van der Waals surface area contributed by atoms with E-state index in [-0.39, 0.29) is 24.5 Å². The van der Waals surface area contributed by atoms with Crippen molar-refractivity contribution in [2.75, 3.05) is 12.4 Å². The highest BCUT2D eigenvalue weighted by molar-refractivity contribution is 5.90. The number of methoxy groups -OCH3 is 1. The van der Waals surface area contributed by atoms with Crippen LogP contribution in [0.2, 0.25) is 0 Å². The van der Waals surface area contributed by atoms with Crippen LogP contribution in [0.15, 0.2) is 24.3 Å². The molecule has 0 saturated carbocycles. The van der Waals surface area contributed by atoms with Gasteiger partial charge in [-0.2, -0.15) is 0 Å². The fourth-order valence-electron chi connectivity index (χ4n) is 1.72. The highest BCUT2D eigenvalue weighted by atomic mass is 16.5. The van der Waals surface area contributed by atoms with Crippen LogP contribution in [0, 0.1) is 0 Å². The van der Waals surface area contributed by atoms with Gasteiger partial charge in [0.25, 0.3) is 0 Å². The van der Waals surface area contributed by atoms with Gasteiger partial charge >= 0.3 is 12.0 Å². The lowest BCUT2D eigenvalue weighted by Crippen LogP contribution is -2.37. The molecule has 5 nitrogen and oxygen atoms in total. The van der Waals surface area contributed by atoms with E-state index in [4.69, 9.17) is 0 Å². The van der Waals surface area contributed by atoms with Gasteiger partial charge in [-0.05, 0) is 25.0 Å². The Kier molecular flexibility index (Phi) is 5.85. The van der Waals surface area contributed by atoms with E-state index in [0.29, 0.717) is 0 Å². The Morgan fingerprint density at radius 1 is 1.32 bits per heavy atom. The normalized spacial score (nSPS) is 11.5. The van der Waals surface area contributed by atoms with Crippen LogP contribution in [0.1, 0.15) is 25.8 Å². The summed E-state index contributed by atoms with van der Waals surface area (Å²) in [5, 5.41) is 5.48. The molecule has 1 rings (SSSR count). The number of aryl methyl sites for hydroxylation is 1. The van der Waals surface area contributed by atoms with Gasteiger partial charge in [0, 0.05) is 11.7 Å². The average Bonchev–Trinajstić information content (AvgIpc) is 2.38. The van der Waals surface area contributed by atoms with Gasteiger partial charge in [0.05, 0.1) is 13.5 Å². The van der Waals surface area contributed by atoms with E-state index in [1.54, 1.807) is 6.92 Å². The van der Waals surface area contributed by atoms with Crippen molar-refractivity contribution in [1.82, 2.24) is 5.32 Å². The van der Waals surface area contributed by atoms with Crippen LogP contribution in [0.3, 0.4) is 0 Å². The summed E-state index contributed by atoms with van der Waals surface area (Å²) in [5.74, 6) is -0.346. The molecule has 0 unspecified atom stereocenters. The molecule has 19 heavy (non-hydrogen) atoms. The number of hydrogen-bond acceptors (Lipinski definition) is 3. The van der Waals surface area contributed by atoms with Gasteiger partial charge in [-0.1, -0.05) is 25.1 Å². The van der Waals surface area contributed by atoms with Crippen molar-refractivity contribution in [1.29, 1.82) is 0 Å². The molecule has 5 heteroatoms. The summed E-state index contributed by atoms with van der Waals surface area (Å²) in [5.41, 5.74) is 1.85. The zero-order valence-electron chi connectivity index (χ0n) is 11.5. The average molecular weight is 264 g/mol. The van der Waals surface area contributed by atoms with E-state index in [1.807, 2.05) is 31.2 Å². The first kappa shape index (κ1) is 15.0. The molecule has 2 N–H and O–H groups in total. The zero-order valence-corrected chi connectivity index (χ0v) is 11.5. The molecule has 0 bridgehead atoms. The van der Waals surface area contributed by atoms with Crippen molar-refractivity contribution in [2.45, 2.75) is 32.7 Å². The molecule has 0 aromatic heterocycles. The minimum Gasteiger partial charge on any atom is -0.469 e. The van der Waals surface area contributed by atoms with E-state index in [9.17, 15) is 9.59 Å². The third kappa shape index (κ3) is 4.99. The first-order chi connectivity index (χ1) is 9.06. The molecule has 1 aromatic rings. The molecule has 0 saturated heterocycles. The molecule has 0 aliphatic rings. The summed E-state index contributed by atoms with van der Waals surface area (Å²) >= 11 is 0. The summed E-state index contributed by atoms with van der Waals surface area (Å²) in [6, 6.07) is 7.02. The first-order valence-corrected chi connectivity index (χ1v) is 6.29. The van der Waals surface area contributed by atoms with E-state index in [0.717, 1.165) is 17.7 Å². The number of nitrogens with one attached hydrogen (secondary N) is 2. The summed E-state index contributed by atoms with van der Waals surface area (Å²) in [6.07, 6.45) is 0.994. The molecule has 0 radical (unpaired) electrons. The number of esters is 1. The number of urea groups is 1. The van der Waals surface area contributed by atoms with Crippen LogP contribution in [-0.4, -0.2) is 25.2 Å². The Labute approximate surface area is 113 Å². The number of ether oxygens (including phenoxy) is 1. The van der Waals surface area contributed by atoms with Gasteiger partial charge in [0.2, 0.25) is 0 Å². The fourth-order valence-corrected chi connectivity index (χ4v) is 1.72. The van der Waals surface area contributed by atoms with Gasteiger partial charge in [-0.15, -0.1) is 0 Å². The standard InChI is InChI=1S/C14H20N2O3/c1-4-11-7-5-6-8-12(11)16-14(18)15-10(2)9-13(17)19-3/h5-8,10H,4,9H2,1-3H3,(H2,15,16,18)/t10-/m0/s1. The Morgan fingerprint density at radius 2 is 2.00 bits per heavy atom. The van der Waals surface area contributed by atoms with Crippen molar-refractivity contribution in [3.8, 4) is 0 Å². The molecule has 0 spiro atoms. The lowest BCUT2D eigenvalue weighted by molar-refractivity contribution is -0.141. The van der Waals surface area contributed by atoms with Crippen molar-refractivity contribution >= 4 is 17.7 Å². The number of carbonyl (C=O) groups is 2. The van der Waals surface area contributed by atoms with Gasteiger partial charge in [-0.25, -0.2) is 4.79 Å². The molecule has 104 valence electrons. The second kappa shape index (κ2) is 7.41. The maximum atomic E-state index is 11.8. The van der Waals surface area contributed by atoms with Crippen LogP contribution >= 0.6 is 0 Å². The van der Waals surface area contributed by atoms with E-state index < -0.39 is 0 Å². The van der Waals surface area contributed by atoms with Gasteiger partial charge in [0.1, 0.15) is 0 Å². The lowest BCUT2D eigenvalue weighted by atomic mass is 10.1. The Balaban J connectivity index is 2.53. The second-order valence-corrected chi connectivity index (χ2v) is 4.29. The molecular weight excluding hydrogens is 244 g/mol. The number of carbonyl (C=O) groups excluding carboxylic acids is 2. The Hall–Kier alpha value is -2.04. The van der Waals surface area contributed by atoms with Gasteiger partial charge < -0.3 is 15.4 Å². The first-order valence-electron chi connectivity index (χ1n) is 6.29. The summed E-state index contributed by atoms with van der Waals surface area (Å²) in [6.45, 7) is 3.78. The predicted octanol–water partition coefficient (Wildman–Crippen LogP) is 2.32. The lowest BCUT2D eigenvalue weighted by Gasteiger charge is -2.15. The second-order valence-electron chi connectivity index (χ2n) is 4.29. The smallest absolute Gasteiger partial charge is 0.319 e. The molecule has 1 atom stereocenters. The van der Waals surface area contributed by atoms with E-state index in [1.165, 1.54) is 7.11 Å². The van der Waals surface area contributed by atoms with Crippen LogP contribution in [0.25, 0.3) is 0 Å². The predicted molar refractivity (Wildman–Crippen MR) is 74.1 cm³/mol. The monoisotopic (exact) mass is 264 g/mol. The molecule has 0 heterocycles. The van der Waals surface area contributed by atoms with Crippen molar-refractivity contribution in [2.24, 2.45) is 0 Å². The van der Waals surface area contributed by atoms with Crippen molar-refractivity contribution in [3.63, 3.8) is 0 Å². The number of benzene rings is 1. The van der Waals surface area contributed by atoms with E-state index in [2.05, 4.69) is 15.4 Å². The highest BCUT2D eigenvalue weighted by Crippen LogP contribution is 2.15. The summed E-state index contributed by atoms with van der Waals surface area (Å²) in [4.78, 5) is 22.9. The van der Waals surface area contributed by atoms with Crippen molar-refractivity contribution < 1.29 is 14.3 Å². The molecule has 0 fully saturated rings. The largest absolute Gasteiger partial charge is 0.469 e. The van der Waals surface area contributed by atoms with Gasteiger partial charge in [-0.3, -0.25) is 4.79 Å². The third-order valence-electron chi connectivity index (χ3n) is 2.72. The quantitative estimate of drug-likeness (QED) is 0.802. The number of anilines is 1. The van der Waals surface area contributed by atoms with Crippen molar-refractivity contribution in [3.05, 3.63) is 29.8 Å². The summed E-state index contributed by atoms with van der Waals surface area (Å²) in [7, 11) is 1.33. The molecular formula is C14H20N2O3. The number of para-hydroxylation sites is 1. The van der Waals surface area contributed by atoms with Crippen LogP contribution in [0.4, 0.5) is 10.5 Å². The zero-order chi connectivity index (χ0) is 14.3. The van der Waals surface area contributed by atoms with Gasteiger partial charge in [0.15, 0.2) is 0 Å². The van der Waals surface area contributed by atoms with Crippen LogP contribution in [0.5, 0.6) is 0 Å². The summed E-state index contributed by atoms with van der Waals surface area (Å²) < 4.78 is 4.55. The SMILES string of the molecule is CCc1ccccc1NC(=O)N[C@@H](C)CC(=O)OC.